The highest BCUT2D eigenvalue weighted by molar-refractivity contribution is 8.13. The number of benzene rings is 1. The van der Waals surface area contributed by atoms with Crippen LogP contribution in [0.3, 0.4) is 0 Å². The second-order valence-corrected chi connectivity index (χ2v) is 7.66. The average molecular weight is 335 g/mol. The molecule has 0 saturated carbocycles. The Bertz CT molecular complexity index is 588. The molecular formula is C14H19ClO5S. The molecule has 0 atom stereocenters. The summed E-state index contributed by atoms with van der Waals surface area (Å²) in [6.07, 6.45) is 1.55. The third-order valence-electron chi connectivity index (χ3n) is 3.91. The van der Waals surface area contributed by atoms with E-state index >= 15 is 0 Å². The van der Waals surface area contributed by atoms with Gasteiger partial charge in [-0.3, -0.25) is 0 Å². The Kier molecular flexibility index (Phi) is 5.14. The lowest BCUT2D eigenvalue weighted by Crippen LogP contribution is -2.38. The highest BCUT2D eigenvalue weighted by Crippen LogP contribution is 2.38. The summed E-state index contributed by atoms with van der Waals surface area (Å²) in [5.74, 6) is 0.244. The van der Waals surface area contributed by atoms with E-state index in [1.165, 1.54) is 7.11 Å². The number of hydrogen-bond donors (Lipinski definition) is 0. The quantitative estimate of drug-likeness (QED) is 0.773. The zero-order chi connectivity index (χ0) is 15.5. The summed E-state index contributed by atoms with van der Waals surface area (Å²) in [6, 6.07) is 5.09. The van der Waals surface area contributed by atoms with Gasteiger partial charge in [0.2, 0.25) is 0 Å². The molecule has 0 unspecified atom stereocenters. The fourth-order valence-electron chi connectivity index (χ4n) is 2.75. The fourth-order valence-corrected chi connectivity index (χ4v) is 3.77. The first kappa shape index (κ1) is 16.5. The predicted molar refractivity (Wildman–Crippen MR) is 79.6 cm³/mol. The zero-order valence-electron chi connectivity index (χ0n) is 12.1. The van der Waals surface area contributed by atoms with Crippen molar-refractivity contribution in [3.05, 3.63) is 23.8 Å². The van der Waals surface area contributed by atoms with E-state index in [9.17, 15) is 8.42 Å². The molecule has 1 aliphatic heterocycles. The Morgan fingerprint density at radius 1 is 1.29 bits per heavy atom. The van der Waals surface area contributed by atoms with Crippen molar-refractivity contribution in [2.75, 3.05) is 34.0 Å². The molecule has 5 nitrogen and oxygen atoms in total. The minimum atomic E-state index is -3.87. The fraction of sp³-hybridized carbons (Fsp3) is 0.571. The van der Waals surface area contributed by atoms with Gasteiger partial charge in [-0.15, -0.1) is 0 Å². The van der Waals surface area contributed by atoms with Crippen molar-refractivity contribution in [3.8, 4) is 5.75 Å². The molecule has 0 spiro atoms. The molecule has 0 bridgehead atoms. The molecule has 1 aliphatic rings. The van der Waals surface area contributed by atoms with Crippen LogP contribution in [0.1, 0.15) is 18.4 Å². The molecule has 1 heterocycles. The molecule has 118 valence electrons. The van der Waals surface area contributed by atoms with Gasteiger partial charge in [-0.2, -0.15) is 0 Å². The van der Waals surface area contributed by atoms with Crippen molar-refractivity contribution in [2.24, 2.45) is 0 Å². The van der Waals surface area contributed by atoms with Crippen molar-refractivity contribution >= 4 is 19.7 Å². The van der Waals surface area contributed by atoms with Crippen LogP contribution in [0.5, 0.6) is 5.75 Å². The van der Waals surface area contributed by atoms with Gasteiger partial charge in [-0.1, -0.05) is 6.07 Å². The van der Waals surface area contributed by atoms with E-state index in [2.05, 4.69) is 0 Å². The van der Waals surface area contributed by atoms with Crippen LogP contribution >= 0.6 is 10.7 Å². The molecule has 1 saturated heterocycles. The van der Waals surface area contributed by atoms with Gasteiger partial charge in [0.15, 0.2) is 0 Å². The molecule has 1 aromatic carbocycles. The summed E-state index contributed by atoms with van der Waals surface area (Å²) < 4.78 is 39.3. The Hall–Kier alpha value is -0.820. The second kappa shape index (κ2) is 6.52. The lowest BCUT2D eigenvalue weighted by molar-refractivity contribution is 0.0135. The minimum Gasteiger partial charge on any atom is -0.495 e. The largest absolute Gasteiger partial charge is 0.495 e. The number of methoxy groups -OCH3 is 2. The molecule has 2 rings (SSSR count). The van der Waals surface area contributed by atoms with E-state index in [0.717, 1.165) is 18.4 Å². The van der Waals surface area contributed by atoms with Crippen LogP contribution in [0.2, 0.25) is 0 Å². The van der Waals surface area contributed by atoms with Gasteiger partial charge in [0.05, 0.1) is 13.7 Å². The monoisotopic (exact) mass is 334 g/mol. The summed E-state index contributed by atoms with van der Waals surface area (Å²) in [6.45, 7) is 1.75. The van der Waals surface area contributed by atoms with Gasteiger partial charge < -0.3 is 14.2 Å². The SMILES string of the molecule is COCC1(c2ccc(OC)c(S(=O)(=O)Cl)c2)CCOCC1. The normalized spacial score (nSPS) is 18.4. The Balaban J connectivity index is 2.51. The molecule has 0 amide bonds. The highest BCUT2D eigenvalue weighted by atomic mass is 35.7. The minimum absolute atomic E-state index is 0.00821. The van der Waals surface area contributed by atoms with Crippen LogP contribution in [-0.4, -0.2) is 42.5 Å². The zero-order valence-corrected chi connectivity index (χ0v) is 13.7. The second-order valence-electron chi connectivity index (χ2n) is 5.13. The Labute approximate surface area is 129 Å². The van der Waals surface area contributed by atoms with Crippen molar-refractivity contribution < 1.29 is 22.6 Å². The lowest BCUT2D eigenvalue weighted by Gasteiger charge is -2.37. The van der Waals surface area contributed by atoms with Crippen molar-refractivity contribution in [1.29, 1.82) is 0 Å². The van der Waals surface area contributed by atoms with Gasteiger partial charge in [-0.05, 0) is 30.5 Å². The lowest BCUT2D eigenvalue weighted by atomic mass is 9.75. The summed E-state index contributed by atoms with van der Waals surface area (Å²) >= 11 is 0. The Morgan fingerprint density at radius 3 is 2.48 bits per heavy atom. The van der Waals surface area contributed by atoms with E-state index in [0.29, 0.717) is 19.8 Å². The third kappa shape index (κ3) is 3.51. The first-order chi connectivity index (χ1) is 9.93. The van der Waals surface area contributed by atoms with Gasteiger partial charge >= 0.3 is 0 Å². The number of rotatable bonds is 5. The Morgan fingerprint density at radius 2 is 1.95 bits per heavy atom. The van der Waals surface area contributed by atoms with E-state index < -0.39 is 9.05 Å². The summed E-state index contributed by atoms with van der Waals surface area (Å²) in [5, 5.41) is 0. The molecule has 1 aromatic rings. The standard InChI is InChI=1S/C14H19ClO5S/c1-18-10-14(5-7-20-8-6-14)11-3-4-12(19-2)13(9-11)21(15,16)17/h3-4,9H,5-8,10H2,1-2H3. The van der Waals surface area contributed by atoms with Crippen molar-refractivity contribution in [3.63, 3.8) is 0 Å². The topological polar surface area (TPSA) is 61.8 Å². The van der Waals surface area contributed by atoms with Crippen LogP contribution in [0.25, 0.3) is 0 Å². The molecule has 1 fully saturated rings. The maximum absolute atomic E-state index is 11.7. The van der Waals surface area contributed by atoms with E-state index in [4.69, 9.17) is 24.9 Å². The van der Waals surface area contributed by atoms with Gasteiger partial charge in [0.25, 0.3) is 9.05 Å². The smallest absolute Gasteiger partial charge is 0.264 e. The van der Waals surface area contributed by atoms with E-state index in [1.54, 1.807) is 19.2 Å². The molecule has 0 N–H and O–H groups in total. The molecular weight excluding hydrogens is 316 g/mol. The third-order valence-corrected chi connectivity index (χ3v) is 5.25. The molecule has 0 aromatic heterocycles. The van der Waals surface area contributed by atoms with Gasteiger partial charge in [-0.25, -0.2) is 8.42 Å². The first-order valence-corrected chi connectivity index (χ1v) is 8.94. The van der Waals surface area contributed by atoms with E-state index in [-0.39, 0.29) is 16.1 Å². The van der Waals surface area contributed by atoms with Crippen molar-refractivity contribution in [2.45, 2.75) is 23.2 Å². The number of ether oxygens (including phenoxy) is 3. The summed E-state index contributed by atoms with van der Waals surface area (Å²) in [5.41, 5.74) is 0.628. The average Bonchev–Trinajstić information content (AvgIpc) is 2.47. The van der Waals surface area contributed by atoms with Gasteiger partial charge in [0.1, 0.15) is 10.6 Å². The first-order valence-electron chi connectivity index (χ1n) is 6.63. The van der Waals surface area contributed by atoms with E-state index in [1.807, 2.05) is 6.07 Å². The highest BCUT2D eigenvalue weighted by Gasteiger charge is 2.35. The van der Waals surface area contributed by atoms with Crippen LogP contribution in [0.4, 0.5) is 0 Å². The maximum atomic E-state index is 11.7. The van der Waals surface area contributed by atoms with Crippen LogP contribution in [-0.2, 0) is 23.9 Å². The molecule has 7 heteroatoms. The number of hydrogen-bond acceptors (Lipinski definition) is 5. The van der Waals surface area contributed by atoms with Gasteiger partial charge in [0, 0.05) is 36.4 Å². The predicted octanol–water partition coefficient (Wildman–Crippen LogP) is 2.32. The van der Waals surface area contributed by atoms with Crippen LogP contribution in [0, 0.1) is 0 Å². The summed E-state index contributed by atoms with van der Waals surface area (Å²) in [7, 11) is 4.69. The maximum Gasteiger partial charge on any atom is 0.264 e. The van der Waals surface area contributed by atoms with Crippen LogP contribution < -0.4 is 4.74 Å². The molecule has 0 radical (unpaired) electrons. The van der Waals surface area contributed by atoms with Crippen LogP contribution in [0.15, 0.2) is 23.1 Å². The molecule has 21 heavy (non-hydrogen) atoms. The molecule has 0 aliphatic carbocycles. The summed E-state index contributed by atoms with van der Waals surface area (Å²) in [4.78, 5) is -0.00821. The number of halogens is 1. The van der Waals surface area contributed by atoms with Crippen molar-refractivity contribution in [1.82, 2.24) is 0 Å².